The van der Waals surface area contributed by atoms with Crippen LogP contribution < -0.4 is 10.6 Å². The zero-order valence-electron chi connectivity index (χ0n) is 19.5. The number of nitrogens with one attached hydrogen (secondary N) is 2. The molecular weight excluding hydrogens is 396 g/mol. The molecule has 2 N–H and O–H groups in total. The van der Waals surface area contributed by atoms with Gasteiger partial charge in [-0.2, -0.15) is 0 Å². The summed E-state index contributed by atoms with van der Waals surface area (Å²) in [6.07, 6.45) is 17.2. The van der Waals surface area contributed by atoms with Crippen molar-refractivity contribution in [2.75, 3.05) is 18.5 Å². The maximum absolute atomic E-state index is 12.9. The second kappa shape index (κ2) is 12.6. The van der Waals surface area contributed by atoms with Crippen LogP contribution in [0.2, 0.25) is 0 Å². The highest BCUT2D eigenvalue weighted by Gasteiger charge is 2.22. The van der Waals surface area contributed by atoms with Crippen LogP contribution in [-0.4, -0.2) is 19.0 Å². The summed E-state index contributed by atoms with van der Waals surface area (Å²) in [5.74, 6) is 5.80. The summed E-state index contributed by atoms with van der Waals surface area (Å²) in [5.41, 5.74) is 5.41. The molecule has 0 bridgehead atoms. The standard InChI is InChI=1S/C28H34N2O2/c1-7-9-11-24(8-2)22(6)30-27-13-10-12-26(21(27)5)28(29-20(3)4)19-25(31)18-23-14-16-32-17-15-23/h1-2,9-13,23,28-30H,3,14-19H2,4-6H3/b11-9-,24-22+. The van der Waals surface area contributed by atoms with E-state index in [2.05, 4.69) is 35.1 Å². The first-order valence-corrected chi connectivity index (χ1v) is 11.0. The fourth-order valence-electron chi connectivity index (χ4n) is 3.97. The molecule has 1 aliphatic heterocycles. The predicted octanol–water partition coefficient (Wildman–Crippen LogP) is 5.44. The third-order valence-electron chi connectivity index (χ3n) is 5.69. The quantitative estimate of drug-likeness (QED) is 0.383. The molecule has 0 spiro atoms. The van der Waals surface area contributed by atoms with E-state index in [1.165, 1.54) is 0 Å². The van der Waals surface area contributed by atoms with Crippen molar-refractivity contribution in [3.63, 3.8) is 0 Å². The molecule has 0 saturated carbocycles. The van der Waals surface area contributed by atoms with Crippen LogP contribution in [0.3, 0.4) is 0 Å². The Morgan fingerprint density at radius 1 is 1.31 bits per heavy atom. The largest absolute Gasteiger partial charge is 0.382 e. The van der Waals surface area contributed by atoms with Gasteiger partial charge in [0.25, 0.3) is 0 Å². The maximum Gasteiger partial charge on any atom is 0.135 e. The van der Waals surface area contributed by atoms with Crippen LogP contribution in [0.25, 0.3) is 0 Å². The number of anilines is 1. The summed E-state index contributed by atoms with van der Waals surface area (Å²) in [6, 6.07) is 5.91. The predicted molar refractivity (Wildman–Crippen MR) is 133 cm³/mol. The van der Waals surface area contributed by atoms with E-state index in [0.29, 0.717) is 24.3 Å². The van der Waals surface area contributed by atoms with Crippen molar-refractivity contribution in [2.24, 2.45) is 5.92 Å². The number of rotatable bonds is 10. The second-order valence-corrected chi connectivity index (χ2v) is 8.31. The summed E-state index contributed by atoms with van der Waals surface area (Å²) in [5, 5.41) is 6.81. The molecule has 1 aliphatic rings. The zero-order valence-corrected chi connectivity index (χ0v) is 19.5. The Morgan fingerprint density at radius 3 is 2.66 bits per heavy atom. The summed E-state index contributed by atoms with van der Waals surface area (Å²) in [7, 11) is 0. The number of Topliss-reactive ketones (excluding diaryl/α,β-unsaturated/α-hetero) is 1. The molecule has 1 atom stereocenters. The molecule has 1 heterocycles. The number of ether oxygens (including phenoxy) is 1. The molecular formula is C28H34N2O2. The van der Waals surface area contributed by atoms with Gasteiger partial charge in [-0.3, -0.25) is 4.79 Å². The van der Waals surface area contributed by atoms with Gasteiger partial charge in [-0.25, -0.2) is 0 Å². The lowest BCUT2D eigenvalue weighted by Gasteiger charge is -2.25. The van der Waals surface area contributed by atoms with Gasteiger partial charge in [-0.15, -0.1) is 12.8 Å². The highest BCUT2D eigenvalue weighted by Crippen LogP contribution is 2.30. The highest BCUT2D eigenvalue weighted by atomic mass is 16.5. The minimum Gasteiger partial charge on any atom is -0.382 e. The molecule has 4 heteroatoms. The molecule has 0 aromatic heterocycles. The monoisotopic (exact) mass is 430 g/mol. The van der Waals surface area contributed by atoms with Crippen molar-refractivity contribution in [2.45, 2.75) is 52.5 Å². The average Bonchev–Trinajstić information content (AvgIpc) is 2.75. The van der Waals surface area contributed by atoms with E-state index in [1.54, 1.807) is 12.2 Å². The number of hydrogen-bond donors (Lipinski definition) is 2. The Morgan fingerprint density at radius 2 is 2.03 bits per heavy atom. The van der Waals surface area contributed by atoms with Crippen LogP contribution in [0, 0.1) is 37.5 Å². The van der Waals surface area contributed by atoms with Gasteiger partial charge in [0.05, 0.1) is 6.04 Å². The van der Waals surface area contributed by atoms with Gasteiger partial charge in [0.2, 0.25) is 0 Å². The van der Waals surface area contributed by atoms with Crippen LogP contribution in [0.1, 0.15) is 56.7 Å². The van der Waals surface area contributed by atoms with Crippen LogP contribution >= 0.6 is 0 Å². The van der Waals surface area contributed by atoms with Crippen LogP contribution in [-0.2, 0) is 9.53 Å². The Hall–Kier alpha value is -3.21. The first-order valence-electron chi connectivity index (χ1n) is 11.0. The van der Waals surface area contributed by atoms with E-state index in [0.717, 1.165) is 54.3 Å². The third kappa shape index (κ3) is 7.49. The minimum absolute atomic E-state index is 0.140. The fraction of sp³-hybridized carbons (Fsp3) is 0.393. The SMILES string of the molecule is C#C/C=C\C(C#C)=C(/C)Nc1cccc(C(CC(=O)CC2CCOCC2)NC(=C)C)c1C. The lowest BCUT2D eigenvalue weighted by atomic mass is 9.89. The van der Waals surface area contributed by atoms with E-state index in [1.807, 2.05) is 32.9 Å². The molecule has 0 amide bonds. The van der Waals surface area contributed by atoms with Crippen molar-refractivity contribution in [3.05, 3.63) is 65.0 Å². The van der Waals surface area contributed by atoms with Gasteiger partial charge in [-0.1, -0.05) is 30.6 Å². The number of terminal acetylenes is 2. The molecule has 1 fully saturated rings. The van der Waals surface area contributed by atoms with E-state index in [-0.39, 0.29) is 11.8 Å². The Bertz CT molecular complexity index is 966. The van der Waals surface area contributed by atoms with E-state index < -0.39 is 0 Å². The van der Waals surface area contributed by atoms with Gasteiger partial charge in [0.1, 0.15) is 5.78 Å². The van der Waals surface area contributed by atoms with Crippen molar-refractivity contribution in [3.8, 4) is 24.7 Å². The molecule has 1 aromatic rings. The normalized spacial score (nSPS) is 15.9. The van der Waals surface area contributed by atoms with Gasteiger partial charge in [0, 0.05) is 48.7 Å². The van der Waals surface area contributed by atoms with Crippen molar-refractivity contribution in [1.82, 2.24) is 5.32 Å². The van der Waals surface area contributed by atoms with Crippen LogP contribution in [0.5, 0.6) is 0 Å². The molecule has 1 aromatic carbocycles. The molecule has 0 radical (unpaired) electrons. The molecule has 2 rings (SSSR count). The molecule has 32 heavy (non-hydrogen) atoms. The van der Waals surface area contributed by atoms with Crippen molar-refractivity contribution in [1.29, 1.82) is 0 Å². The summed E-state index contributed by atoms with van der Waals surface area (Å²) in [6.45, 7) is 11.4. The number of carbonyl (C=O) groups is 1. The van der Waals surface area contributed by atoms with Gasteiger partial charge >= 0.3 is 0 Å². The first kappa shape index (κ1) is 25.1. The number of allylic oxidation sites excluding steroid dienone is 5. The fourth-order valence-corrected chi connectivity index (χ4v) is 3.97. The highest BCUT2D eigenvalue weighted by molar-refractivity contribution is 5.79. The van der Waals surface area contributed by atoms with E-state index in [9.17, 15) is 4.79 Å². The lowest BCUT2D eigenvalue weighted by molar-refractivity contribution is -0.121. The van der Waals surface area contributed by atoms with Crippen molar-refractivity contribution < 1.29 is 9.53 Å². The minimum atomic E-state index is -0.140. The number of hydrogen-bond acceptors (Lipinski definition) is 4. The lowest BCUT2D eigenvalue weighted by Crippen LogP contribution is -2.25. The Kier molecular flexibility index (Phi) is 9.86. The number of benzene rings is 1. The van der Waals surface area contributed by atoms with Gasteiger partial charge < -0.3 is 15.4 Å². The first-order chi connectivity index (χ1) is 15.3. The Balaban J connectivity index is 2.25. The summed E-state index contributed by atoms with van der Waals surface area (Å²) < 4.78 is 5.42. The number of carbonyl (C=O) groups excluding carboxylic acids is 1. The molecule has 4 nitrogen and oxygen atoms in total. The maximum atomic E-state index is 12.9. The van der Waals surface area contributed by atoms with Gasteiger partial charge in [0.15, 0.2) is 0 Å². The molecule has 168 valence electrons. The Labute approximate surface area is 193 Å². The summed E-state index contributed by atoms with van der Waals surface area (Å²) >= 11 is 0. The van der Waals surface area contributed by atoms with Crippen LogP contribution in [0.4, 0.5) is 5.69 Å². The third-order valence-corrected chi connectivity index (χ3v) is 5.69. The molecule has 1 saturated heterocycles. The summed E-state index contributed by atoms with van der Waals surface area (Å²) in [4.78, 5) is 12.9. The molecule has 0 aliphatic carbocycles. The number of ketones is 1. The average molecular weight is 431 g/mol. The van der Waals surface area contributed by atoms with E-state index >= 15 is 0 Å². The second-order valence-electron chi connectivity index (χ2n) is 8.31. The smallest absolute Gasteiger partial charge is 0.135 e. The van der Waals surface area contributed by atoms with E-state index in [4.69, 9.17) is 17.6 Å². The van der Waals surface area contributed by atoms with Crippen LogP contribution in [0.15, 0.2) is 53.9 Å². The topological polar surface area (TPSA) is 50.4 Å². The molecule has 1 unspecified atom stereocenters. The van der Waals surface area contributed by atoms with Crippen molar-refractivity contribution >= 4 is 11.5 Å². The zero-order chi connectivity index (χ0) is 23.5. The van der Waals surface area contributed by atoms with Gasteiger partial charge in [-0.05, 0) is 68.9 Å².